The molecule has 0 bridgehead atoms. The molecule has 2 aromatic rings. The molecule has 4 nitrogen and oxygen atoms in total. The highest BCUT2D eigenvalue weighted by atomic mass is 35.5. The van der Waals surface area contributed by atoms with Crippen LogP contribution in [0.25, 0.3) is 11.4 Å². The van der Waals surface area contributed by atoms with Crippen molar-refractivity contribution in [2.75, 3.05) is 0 Å². The lowest BCUT2D eigenvalue weighted by Gasteiger charge is -2.50. The number of fused-ring (bicyclic) bond motifs is 3. The Morgan fingerprint density at radius 3 is 2.71 bits per heavy atom. The van der Waals surface area contributed by atoms with Crippen molar-refractivity contribution in [1.82, 2.24) is 15.0 Å². The van der Waals surface area contributed by atoms with Crippen LogP contribution in [-0.4, -0.2) is 26.2 Å². The van der Waals surface area contributed by atoms with Crippen LogP contribution >= 0.6 is 11.6 Å². The summed E-state index contributed by atoms with van der Waals surface area (Å²) in [5.41, 5.74) is 3.08. The van der Waals surface area contributed by atoms with Gasteiger partial charge < -0.3 is 5.11 Å². The molecule has 1 fully saturated rings. The minimum atomic E-state index is -0.207. The molecule has 4 rings (SSSR count). The number of halogens is 1. The smallest absolute Gasteiger partial charge is 0.161 e. The number of rotatable bonds is 1. The molecule has 1 N–H and O–H groups in total. The highest BCUT2D eigenvalue weighted by molar-refractivity contribution is 6.30. The van der Waals surface area contributed by atoms with Crippen LogP contribution in [0.4, 0.5) is 0 Å². The molecule has 2 aromatic heterocycles. The Hall–Kier alpha value is -1.52. The summed E-state index contributed by atoms with van der Waals surface area (Å²) in [5.74, 6) is 1.39. The zero-order chi connectivity index (χ0) is 16.9. The average molecular weight is 344 g/mol. The number of aliphatic hydroxyl groups is 1. The van der Waals surface area contributed by atoms with Crippen molar-refractivity contribution < 1.29 is 5.11 Å². The van der Waals surface area contributed by atoms with Crippen molar-refractivity contribution in [3.05, 3.63) is 40.9 Å². The second-order valence-electron chi connectivity index (χ2n) is 7.43. The van der Waals surface area contributed by atoms with Crippen LogP contribution in [0.5, 0.6) is 0 Å². The van der Waals surface area contributed by atoms with E-state index in [1.54, 1.807) is 12.4 Å². The van der Waals surface area contributed by atoms with Gasteiger partial charge in [0.25, 0.3) is 0 Å². The molecular weight excluding hydrogens is 322 g/mol. The van der Waals surface area contributed by atoms with Crippen molar-refractivity contribution in [3.63, 3.8) is 0 Å². The summed E-state index contributed by atoms with van der Waals surface area (Å²) in [6.45, 7) is 4.46. The van der Waals surface area contributed by atoms with E-state index in [-0.39, 0.29) is 17.4 Å². The molecule has 0 aliphatic heterocycles. The summed E-state index contributed by atoms with van der Waals surface area (Å²) < 4.78 is 0. The van der Waals surface area contributed by atoms with Gasteiger partial charge >= 0.3 is 0 Å². The minimum Gasteiger partial charge on any atom is -0.393 e. The fourth-order valence-corrected chi connectivity index (χ4v) is 4.96. The van der Waals surface area contributed by atoms with E-state index in [0.717, 1.165) is 42.5 Å². The van der Waals surface area contributed by atoms with Gasteiger partial charge in [-0.25, -0.2) is 9.97 Å². The van der Waals surface area contributed by atoms with E-state index in [2.05, 4.69) is 23.8 Å². The van der Waals surface area contributed by atoms with Gasteiger partial charge in [0.05, 0.1) is 11.8 Å². The van der Waals surface area contributed by atoms with E-state index in [1.165, 1.54) is 0 Å². The van der Waals surface area contributed by atoms with E-state index in [9.17, 15) is 5.11 Å². The van der Waals surface area contributed by atoms with Gasteiger partial charge in [-0.2, -0.15) is 0 Å². The van der Waals surface area contributed by atoms with Gasteiger partial charge in [0.1, 0.15) is 5.15 Å². The predicted octanol–water partition coefficient (Wildman–Crippen LogP) is 3.80. The van der Waals surface area contributed by atoms with Gasteiger partial charge in [-0.15, -0.1) is 0 Å². The second-order valence-corrected chi connectivity index (χ2v) is 7.79. The lowest BCUT2D eigenvalue weighted by atomic mass is 9.56. The highest BCUT2D eigenvalue weighted by Crippen LogP contribution is 2.52. The SMILES string of the molecule is C[C@H]1C(O)CC[C@@]2(C)c3nc(-c4ccncc4)nc(Cl)c3CC[C@H]12. The van der Waals surface area contributed by atoms with Crippen LogP contribution < -0.4 is 0 Å². The Labute approximate surface area is 147 Å². The molecule has 4 atom stereocenters. The van der Waals surface area contributed by atoms with Crippen LogP contribution in [0.2, 0.25) is 5.15 Å². The van der Waals surface area contributed by atoms with Crippen LogP contribution in [-0.2, 0) is 11.8 Å². The molecule has 5 heteroatoms. The number of hydrogen-bond acceptors (Lipinski definition) is 4. The Morgan fingerprint density at radius 1 is 1.21 bits per heavy atom. The molecule has 0 radical (unpaired) electrons. The Morgan fingerprint density at radius 2 is 1.96 bits per heavy atom. The second kappa shape index (κ2) is 5.78. The zero-order valence-corrected chi connectivity index (χ0v) is 14.8. The number of nitrogens with zero attached hydrogens (tertiary/aromatic N) is 3. The minimum absolute atomic E-state index is 0.0411. The van der Waals surface area contributed by atoms with Gasteiger partial charge in [0, 0.05) is 28.9 Å². The summed E-state index contributed by atoms with van der Waals surface area (Å²) in [6.07, 6.45) is 6.98. The first-order valence-electron chi connectivity index (χ1n) is 8.66. The van der Waals surface area contributed by atoms with E-state index in [4.69, 9.17) is 16.6 Å². The number of pyridine rings is 1. The van der Waals surface area contributed by atoms with Crippen LogP contribution in [0, 0.1) is 11.8 Å². The number of aromatic nitrogens is 3. The molecule has 0 saturated heterocycles. The molecule has 0 amide bonds. The van der Waals surface area contributed by atoms with Crippen molar-refractivity contribution >= 4 is 11.6 Å². The maximum atomic E-state index is 10.3. The van der Waals surface area contributed by atoms with Gasteiger partial charge in [-0.05, 0) is 49.7 Å². The quantitative estimate of drug-likeness (QED) is 0.800. The molecule has 126 valence electrons. The fourth-order valence-electron chi connectivity index (χ4n) is 4.70. The molecule has 1 saturated carbocycles. The third-order valence-electron chi connectivity index (χ3n) is 6.16. The predicted molar refractivity (Wildman–Crippen MR) is 93.8 cm³/mol. The first kappa shape index (κ1) is 16.0. The third-order valence-corrected chi connectivity index (χ3v) is 6.47. The summed E-state index contributed by atoms with van der Waals surface area (Å²) >= 11 is 6.54. The van der Waals surface area contributed by atoms with Crippen molar-refractivity contribution in [2.45, 2.75) is 51.0 Å². The van der Waals surface area contributed by atoms with Crippen molar-refractivity contribution in [3.8, 4) is 11.4 Å². The Bertz CT molecular complexity index is 767. The van der Waals surface area contributed by atoms with Crippen LogP contribution in [0.1, 0.15) is 44.4 Å². The zero-order valence-electron chi connectivity index (χ0n) is 14.0. The summed E-state index contributed by atoms with van der Waals surface area (Å²) in [6, 6.07) is 3.82. The monoisotopic (exact) mass is 343 g/mol. The molecule has 1 unspecified atom stereocenters. The molecule has 2 aliphatic rings. The molecule has 0 spiro atoms. The lowest BCUT2D eigenvalue weighted by Crippen LogP contribution is -2.48. The van der Waals surface area contributed by atoms with E-state index < -0.39 is 0 Å². The van der Waals surface area contributed by atoms with Gasteiger partial charge in [0.2, 0.25) is 0 Å². The van der Waals surface area contributed by atoms with Crippen molar-refractivity contribution in [2.24, 2.45) is 11.8 Å². The Balaban J connectivity index is 1.86. The fraction of sp³-hybridized carbons (Fsp3) is 0.526. The van der Waals surface area contributed by atoms with E-state index in [1.807, 2.05) is 12.1 Å². The summed E-state index contributed by atoms with van der Waals surface area (Å²) in [7, 11) is 0. The average Bonchev–Trinajstić information content (AvgIpc) is 2.60. The van der Waals surface area contributed by atoms with Crippen LogP contribution in [0.3, 0.4) is 0 Å². The molecule has 2 aliphatic carbocycles. The molecule has 24 heavy (non-hydrogen) atoms. The van der Waals surface area contributed by atoms with Crippen LogP contribution in [0.15, 0.2) is 24.5 Å². The largest absolute Gasteiger partial charge is 0.393 e. The Kier molecular flexibility index (Phi) is 3.85. The number of aliphatic hydroxyl groups excluding tert-OH is 1. The van der Waals surface area contributed by atoms with Gasteiger partial charge in [-0.1, -0.05) is 25.4 Å². The van der Waals surface area contributed by atoms with Gasteiger partial charge in [0.15, 0.2) is 5.82 Å². The van der Waals surface area contributed by atoms with Gasteiger partial charge in [-0.3, -0.25) is 4.98 Å². The summed E-state index contributed by atoms with van der Waals surface area (Å²) in [5, 5.41) is 10.9. The first-order valence-corrected chi connectivity index (χ1v) is 9.04. The molecular formula is C19H22ClN3O. The maximum Gasteiger partial charge on any atom is 0.161 e. The van der Waals surface area contributed by atoms with E-state index >= 15 is 0 Å². The first-order chi connectivity index (χ1) is 11.5. The van der Waals surface area contributed by atoms with E-state index in [0.29, 0.717) is 16.9 Å². The normalized spacial score (nSPS) is 32.1. The maximum absolute atomic E-state index is 10.3. The topological polar surface area (TPSA) is 58.9 Å². The third kappa shape index (κ3) is 2.35. The highest BCUT2D eigenvalue weighted by Gasteiger charge is 2.49. The standard InChI is InChI=1S/C19H22ClN3O/c1-11-14-4-3-13-16(19(14,2)8-5-15(11)24)22-18(23-17(13)20)12-6-9-21-10-7-12/h6-7,9-11,14-15,24H,3-5,8H2,1-2H3/t11-,14-,15?,19-/m1/s1. The molecule has 0 aromatic carbocycles. The summed E-state index contributed by atoms with van der Waals surface area (Å²) in [4.78, 5) is 13.6. The number of hydrogen-bond donors (Lipinski definition) is 1. The lowest BCUT2D eigenvalue weighted by molar-refractivity contribution is -0.00875. The molecule has 2 heterocycles. The van der Waals surface area contributed by atoms with Crippen molar-refractivity contribution in [1.29, 1.82) is 0 Å².